The van der Waals surface area contributed by atoms with Crippen LogP contribution in [0.2, 0.25) is 0 Å². The molecule has 0 saturated heterocycles. The van der Waals surface area contributed by atoms with Gasteiger partial charge in [0, 0.05) is 41.1 Å². The van der Waals surface area contributed by atoms with Gasteiger partial charge in [0.15, 0.2) is 0 Å². The number of thiocarbonyl (C=S) groups is 1. The number of anilines is 1. The third-order valence-electron chi connectivity index (χ3n) is 5.44. The van der Waals surface area contributed by atoms with E-state index in [1.807, 2.05) is 86.0 Å². The normalized spacial score (nSPS) is 11.0. The number of para-hydroxylation sites is 2. The average Bonchev–Trinajstić information content (AvgIpc) is 3.26. The Labute approximate surface area is 191 Å². The van der Waals surface area contributed by atoms with Gasteiger partial charge in [0.25, 0.3) is 0 Å². The van der Waals surface area contributed by atoms with Crippen LogP contribution >= 0.6 is 12.2 Å². The van der Waals surface area contributed by atoms with E-state index in [9.17, 15) is 0 Å². The Hall–Kier alpha value is -3.90. The van der Waals surface area contributed by atoms with Crippen LogP contribution in [0, 0.1) is 6.92 Å². The highest BCUT2D eigenvalue weighted by Gasteiger charge is 2.18. The largest absolute Gasteiger partial charge is 0.398 e. The second-order valence-corrected chi connectivity index (χ2v) is 8.12. The van der Waals surface area contributed by atoms with Gasteiger partial charge in [-0.05, 0) is 48.4 Å². The van der Waals surface area contributed by atoms with E-state index in [0.29, 0.717) is 11.4 Å². The van der Waals surface area contributed by atoms with Crippen LogP contribution in [-0.2, 0) is 6.42 Å². The fourth-order valence-corrected chi connectivity index (χ4v) is 4.08. The molecule has 32 heavy (non-hydrogen) atoms. The van der Waals surface area contributed by atoms with Crippen LogP contribution in [-0.4, -0.2) is 24.7 Å². The minimum Gasteiger partial charge on any atom is -0.398 e. The lowest BCUT2D eigenvalue weighted by molar-refractivity contribution is 0.930. The molecule has 0 aliphatic heterocycles. The Morgan fingerprint density at radius 3 is 2.59 bits per heavy atom. The van der Waals surface area contributed by atoms with Crippen LogP contribution in [0.5, 0.6) is 0 Å². The van der Waals surface area contributed by atoms with Gasteiger partial charge in [-0.25, -0.2) is 4.68 Å². The van der Waals surface area contributed by atoms with Crippen molar-refractivity contribution in [2.75, 3.05) is 5.73 Å². The molecule has 0 unspecified atom stereocenters. The Morgan fingerprint density at radius 1 is 0.938 bits per heavy atom. The fraction of sp³-hybridized carbons (Fsp3) is 0.0769. The molecule has 6 heteroatoms. The monoisotopic (exact) mass is 435 g/mol. The van der Waals surface area contributed by atoms with Crippen LogP contribution in [0.25, 0.3) is 33.4 Å². The Kier molecular flexibility index (Phi) is 5.21. The third-order valence-corrected chi connectivity index (χ3v) is 5.77. The third kappa shape index (κ3) is 3.76. The van der Waals surface area contributed by atoms with E-state index in [-0.39, 0.29) is 0 Å². The molecular formula is C26H21N5S. The van der Waals surface area contributed by atoms with Crippen molar-refractivity contribution < 1.29 is 0 Å². The maximum absolute atomic E-state index is 6.14. The van der Waals surface area contributed by atoms with Crippen molar-refractivity contribution >= 4 is 33.8 Å². The standard InChI is InChI=1S/C26H21N5S/c1-17-7-6-12-24(29-17)26-21(19-13-14-28-23-11-5-3-9-20(19)23)16-31(30-26)25(32)15-18-8-2-4-10-22(18)27/h2-14,16H,15,27H2,1H3. The molecule has 0 aliphatic carbocycles. The van der Waals surface area contributed by atoms with E-state index in [2.05, 4.69) is 11.1 Å². The number of nitrogens with zero attached hydrogens (tertiary/aromatic N) is 4. The Morgan fingerprint density at radius 2 is 1.75 bits per heavy atom. The van der Waals surface area contributed by atoms with Crippen molar-refractivity contribution in [2.45, 2.75) is 13.3 Å². The number of aryl methyl sites for hydroxylation is 1. The first-order chi connectivity index (χ1) is 15.6. The number of nitrogens with two attached hydrogens (primary N) is 1. The van der Waals surface area contributed by atoms with Crippen molar-refractivity contribution in [2.24, 2.45) is 0 Å². The van der Waals surface area contributed by atoms with E-state index in [0.717, 1.165) is 50.4 Å². The summed E-state index contributed by atoms with van der Waals surface area (Å²) in [6, 6.07) is 23.8. The quantitative estimate of drug-likeness (QED) is 0.299. The van der Waals surface area contributed by atoms with Crippen LogP contribution in [0.4, 0.5) is 5.69 Å². The summed E-state index contributed by atoms with van der Waals surface area (Å²) in [6.07, 6.45) is 4.34. The molecule has 0 radical (unpaired) electrons. The van der Waals surface area contributed by atoms with Gasteiger partial charge < -0.3 is 5.73 Å². The van der Waals surface area contributed by atoms with E-state index >= 15 is 0 Å². The molecule has 2 aromatic carbocycles. The zero-order valence-electron chi connectivity index (χ0n) is 17.6. The maximum Gasteiger partial charge on any atom is 0.119 e. The SMILES string of the molecule is Cc1cccc(-c2nn(C(=S)Cc3ccccc3N)cc2-c2ccnc3ccccc23)n1. The van der Waals surface area contributed by atoms with Gasteiger partial charge in [-0.2, -0.15) is 5.10 Å². The van der Waals surface area contributed by atoms with Gasteiger partial charge >= 0.3 is 0 Å². The van der Waals surface area contributed by atoms with E-state index in [4.69, 9.17) is 28.0 Å². The predicted octanol–water partition coefficient (Wildman–Crippen LogP) is 5.47. The van der Waals surface area contributed by atoms with E-state index < -0.39 is 0 Å². The highest BCUT2D eigenvalue weighted by atomic mass is 32.1. The number of nitrogen functional groups attached to an aromatic ring is 1. The number of hydrogen-bond acceptors (Lipinski definition) is 5. The van der Waals surface area contributed by atoms with Crippen LogP contribution in [0.15, 0.2) is 85.2 Å². The molecule has 156 valence electrons. The molecule has 3 heterocycles. The number of hydrogen-bond donors (Lipinski definition) is 1. The zero-order chi connectivity index (χ0) is 22.1. The molecule has 5 nitrogen and oxygen atoms in total. The second kappa shape index (κ2) is 8.32. The summed E-state index contributed by atoms with van der Waals surface area (Å²) >= 11 is 5.77. The molecular weight excluding hydrogens is 414 g/mol. The maximum atomic E-state index is 6.14. The molecule has 0 spiro atoms. The smallest absolute Gasteiger partial charge is 0.119 e. The lowest BCUT2D eigenvalue weighted by Gasteiger charge is -2.07. The van der Waals surface area contributed by atoms with Crippen molar-refractivity contribution in [1.82, 2.24) is 19.7 Å². The van der Waals surface area contributed by atoms with E-state index in [1.165, 1.54) is 0 Å². The molecule has 3 aromatic heterocycles. The summed E-state index contributed by atoms with van der Waals surface area (Å²) in [6.45, 7) is 1.98. The molecule has 0 aliphatic rings. The second-order valence-electron chi connectivity index (χ2n) is 7.65. The van der Waals surface area contributed by atoms with Gasteiger partial charge in [-0.1, -0.05) is 54.7 Å². The molecule has 5 rings (SSSR count). The molecule has 0 fully saturated rings. The van der Waals surface area contributed by atoms with E-state index in [1.54, 1.807) is 4.68 Å². The van der Waals surface area contributed by atoms with Crippen LogP contribution in [0.3, 0.4) is 0 Å². The molecule has 0 bridgehead atoms. The fourth-order valence-electron chi connectivity index (χ4n) is 3.83. The van der Waals surface area contributed by atoms with Gasteiger partial charge in [0.1, 0.15) is 10.7 Å². The van der Waals surface area contributed by atoms with Gasteiger partial charge in [0.2, 0.25) is 0 Å². The summed E-state index contributed by atoms with van der Waals surface area (Å²) in [4.78, 5) is 9.90. The molecule has 0 saturated carbocycles. The zero-order valence-corrected chi connectivity index (χ0v) is 18.4. The van der Waals surface area contributed by atoms with Crippen molar-refractivity contribution in [1.29, 1.82) is 0 Å². The number of rotatable bonds is 4. The first kappa shape index (κ1) is 20.0. The van der Waals surface area contributed by atoms with Crippen molar-refractivity contribution in [3.63, 3.8) is 0 Å². The van der Waals surface area contributed by atoms with Crippen molar-refractivity contribution in [3.8, 4) is 22.5 Å². The van der Waals surface area contributed by atoms with Gasteiger partial charge in [0.05, 0.1) is 11.2 Å². The molecule has 0 amide bonds. The number of fused-ring (bicyclic) bond motifs is 1. The topological polar surface area (TPSA) is 69.6 Å². The number of aromatic nitrogens is 4. The van der Waals surface area contributed by atoms with Crippen LogP contribution in [0.1, 0.15) is 11.3 Å². The molecule has 2 N–H and O–H groups in total. The number of pyridine rings is 2. The average molecular weight is 436 g/mol. The minimum absolute atomic E-state index is 0.529. The predicted molar refractivity (Wildman–Crippen MR) is 133 cm³/mol. The minimum atomic E-state index is 0.529. The number of benzene rings is 2. The first-order valence-electron chi connectivity index (χ1n) is 10.3. The van der Waals surface area contributed by atoms with Gasteiger partial charge in [-0.15, -0.1) is 0 Å². The first-order valence-corrected chi connectivity index (χ1v) is 10.8. The summed E-state index contributed by atoms with van der Waals surface area (Å²) in [5.74, 6) is 0. The highest BCUT2D eigenvalue weighted by molar-refractivity contribution is 7.80. The van der Waals surface area contributed by atoms with Gasteiger partial charge in [-0.3, -0.25) is 9.97 Å². The summed E-state index contributed by atoms with van der Waals surface area (Å²) in [5.41, 5.74) is 13.3. The Bertz CT molecular complexity index is 1450. The summed E-state index contributed by atoms with van der Waals surface area (Å²) in [7, 11) is 0. The van der Waals surface area contributed by atoms with Crippen molar-refractivity contribution in [3.05, 3.63) is 96.4 Å². The highest BCUT2D eigenvalue weighted by Crippen LogP contribution is 2.34. The van der Waals surface area contributed by atoms with Crippen LogP contribution < -0.4 is 5.73 Å². The Balaban J connectivity index is 1.66. The summed E-state index contributed by atoms with van der Waals surface area (Å²) < 4.78 is 1.77. The molecule has 0 atom stereocenters. The lowest BCUT2D eigenvalue weighted by Crippen LogP contribution is -2.13. The summed E-state index contributed by atoms with van der Waals surface area (Å²) in [5, 5.41) is 5.94. The lowest BCUT2D eigenvalue weighted by atomic mass is 10.0. The molecule has 5 aromatic rings.